The van der Waals surface area contributed by atoms with Gasteiger partial charge in [0.05, 0.1) is 13.7 Å². The quantitative estimate of drug-likeness (QED) is 0.436. The number of ether oxygens (including phenoxy) is 3. The summed E-state index contributed by atoms with van der Waals surface area (Å²) in [7, 11) is 5.43. The molecule has 0 bridgehead atoms. The van der Waals surface area contributed by atoms with Gasteiger partial charge in [-0.2, -0.15) is 0 Å². The number of amides is 2. The molecule has 0 aliphatic carbocycles. The van der Waals surface area contributed by atoms with Gasteiger partial charge in [0.2, 0.25) is 0 Å². The fraction of sp³-hybridized carbons (Fsp3) is 0.500. The summed E-state index contributed by atoms with van der Waals surface area (Å²) in [5.74, 6) is 0.423. The van der Waals surface area contributed by atoms with Gasteiger partial charge in [0, 0.05) is 37.9 Å². The molecule has 2 aromatic carbocycles. The number of benzene rings is 2. The minimum Gasteiger partial charge on any atom is -0.453 e. The van der Waals surface area contributed by atoms with Crippen molar-refractivity contribution in [2.45, 2.75) is 31.4 Å². The summed E-state index contributed by atoms with van der Waals surface area (Å²) in [5.41, 5.74) is 2.43. The van der Waals surface area contributed by atoms with Crippen LogP contribution in [-0.2, 0) is 14.2 Å². The first-order chi connectivity index (χ1) is 17.5. The average molecular weight is 498 g/mol. The maximum Gasteiger partial charge on any atom is 0.406 e. The smallest absolute Gasteiger partial charge is 0.406 e. The summed E-state index contributed by atoms with van der Waals surface area (Å²) in [4.78, 5) is 26.6. The van der Waals surface area contributed by atoms with Crippen LogP contribution in [0.1, 0.15) is 46.9 Å². The van der Waals surface area contributed by atoms with Gasteiger partial charge in [-0.15, -0.1) is 0 Å². The zero-order valence-corrected chi connectivity index (χ0v) is 21.6. The lowest BCUT2D eigenvalue weighted by Crippen LogP contribution is -2.42. The van der Waals surface area contributed by atoms with Crippen molar-refractivity contribution in [3.63, 3.8) is 0 Å². The van der Waals surface area contributed by atoms with Crippen LogP contribution in [0.3, 0.4) is 0 Å². The van der Waals surface area contributed by atoms with Gasteiger partial charge in [-0.05, 0) is 62.5 Å². The van der Waals surface area contributed by atoms with Crippen molar-refractivity contribution in [2.24, 2.45) is 5.92 Å². The van der Waals surface area contributed by atoms with Gasteiger partial charge < -0.3 is 29.7 Å². The van der Waals surface area contributed by atoms with Crippen LogP contribution in [0.5, 0.6) is 0 Å². The van der Waals surface area contributed by atoms with Gasteiger partial charge in [-0.1, -0.05) is 42.5 Å². The lowest BCUT2D eigenvalue weighted by molar-refractivity contribution is 0.0414. The number of nitrogens with one attached hydrogen (secondary N) is 2. The number of carbonyl (C=O) groups is 2. The Bertz CT molecular complexity index is 947. The third-order valence-electron chi connectivity index (χ3n) is 6.48. The Morgan fingerprint density at radius 1 is 1.08 bits per heavy atom. The summed E-state index contributed by atoms with van der Waals surface area (Å²) < 4.78 is 16.4. The molecular formula is C28H39N3O5. The highest BCUT2D eigenvalue weighted by Crippen LogP contribution is 2.27. The Balaban J connectivity index is 1.65. The van der Waals surface area contributed by atoms with Crippen molar-refractivity contribution < 1.29 is 23.8 Å². The topological polar surface area (TPSA) is 89.1 Å². The van der Waals surface area contributed by atoms with Crippen molar-refractivity contribution in [3.05, 3.63) is 71.3 Å². The number of carbonyl (C=O) groups excluding carboxylic acids is 2. The molecule has 3 atom stereocenters. The standard InChI is InChI=1S/C28H39N3O5/c1-31(2)25(17-21-9-8-15-35-20-21)19-30-27(32)24-13-7-12-23(18-24)26(22-10-5-4-6-11-22)36-16-14-29-28(33)34-3/h4-7,10-13,18,21,25-26H,8-9,14-17,19-20H2,1-3H3,(H,29,33)(H,30,32)/t21-,25+,26?/m1/s1. The molecule has 1 unspecified atom stereocenters. The van der Waals surface area contributed by atoms with E-state index in [4.69, 9.17) is 9.47 Å². The zero-order valence-electron chi connectivity index (χ0n) is 21.6. The minimum absolute atomic E-state index is 0.109. The lowest BCUT2D eigenvalue weighted by Gasteiger charge is -2.30. The molecule has 2 amide bonds. The van der Waals surface area contributed by atoms with Gasteiger partial charge in [0.25, 0.3) is 5.91 Å². The molecule has 1 aliphatic rings. The predicted octanol–water partition coefficient (Wildman–Crippen LogP) is 3.63. The van der Waals surface area contributed by atoms with Gasteiger partial charge >= 0.3 is 6.09 Å². The second kappa shape index (κ2) is 14.6. The first kappa shape index (κ1) is 27.6. The molecule has 196 valence electrons. The van der Waals surface area contributed by atoms with Gasteiger partial charge in [-0.3, -0.25) is 4.79 Å². The number of hydrogen-bond acceptors (Lipinski definition) is 6. The summed E-state index contributed by atoms with van der Waals surface area (Å²) in [6.07, 6.45) is 2.40. The normalized spacial score (nSPS) is 17.3. The molecule has 1 heterocycles. The van der Waals surface area contributed by atoms with Crippen LogP contribution in [0.2, 0.25) is 0 Å². The van der Waals surface area contributed by atoms with Crippen molar-refractivity contribution in [1.82, 2.24) is 15.5 Å². The summed E-state index contributed by atoms with van der Waals surface area (Å²) >= 11 is 0. The van der Waals surface area contributed by atoms with Crippen LogP contribution in [0.25, 0.3) is 0 Å². The van der Waals surface area contributed by atoms with E-state index in [1.807, 2.05) is 54.6 Å². The molecule has 2 aromatic rings. The molecule has 8 heteroatoms. The van der Waals surface area contributed by atoms with E-state index < -0.39 is 6.09 Å². The molecule has 0 saturated carbocycles. The molecule has 3 rings (SSSR count). The van der Waals surface area contributed by atoms with Crippen LogP contribution in [0.4, 0.5) is 4.79 Å². The Hall–Kier alpha value is -2.94. The molecule has 8 nitrogen and oxygen atoms in total. The van der Waals surface area contributed by atoms with E-state index >= 15 is 0 Å². The largest absolute Gasteiger partial charge is 0.453 e. The Kier molecular flexibility index (Phi) is 11.2. The molecule has 0 spiro atoms. The molecule has 36 heavy (non-hydrogen) atoms. The lowest BCUT2D eigenvalue weighted by atomic mass is 9.93. The zero-order chi connectivity index (χ0) is 25.8. The third kappa shape index (κ3) is 8.62. The van der Waals surface area contributed by atoms with E-state index in [9.17, 15) is 9.59 Å². The van der Waals surface area contributed by atoms with E-state index in [2.05, 4.69) is 34.4 Å². The van der Waals surface area contributed by atoms with Crippen molar-refractivity contribution in [1.29, 1.82) is 0 Å². The number of hydrogen-bond donors (Lipinski definition) is 2. The van der Waals surface area contributed by atoms with Gasteiger partial charge in [0.1, 0.15) is 6.10 Å². The minimum atomic E-state index is -0.499. The average Bonchev–Trinajstić information content (AvgIpc) is 2.91. The van der Waals surface area contributed by atoms with Gasteiger partial charge in [0.15, 0.2) is 0 Å². The van der Waals surface area contributed by atoms with Crippen molar-refractivity contribution in [2.75, 3.05) is 54.1 Å². The number of alkyl carbamates (subject to hydrolysis) is 1. The van der Waals surface area contributed by atoms with E-state index in [-0.39, 0.29) is 18.1 Å². The van der Waals surface area contributed by atoms with Crippen molar-refractivity contribution >= 4 is 12.0 Å². The third-order valence-corrected chi connectivity index (χ3v) is 6.48. The molecule has 2 N–H and O–H groups in total. The molecule has 1 aliphatic heterocycles. The van der Waals surface area contributed by atoms with E-state index in [0.717, 1.165) is 37.2 Å². The van der Waals surface area contributed by atoms with Crippen LogP contribution >= 0.6 is 0 Å². The monoisotopic (exact) mass is 497 g/mol. The first-order valence-electron chi connectivity index (χ1n) is 12.6. The first-order valence-corrected chi connectivity index (χ1v) is 12.6. The Morgan fingerprint density at radius 2 is 1.86 bits per heavy atom. The maximum atomic E-state index is 13.1. The highest BCUT2D eigenvalue weighted by Gasteiger charge is 2.22. The molecule has 1 saturated heterocycles. The highest BCUT2D eigenvalue weighted by molar-refractivity contribution is 5.94. The van der Waals surface area contributed by atoms with E-state index in [1.165, 1.54) is 13.5 Å². The SMILES string of the molecule is COC(=O)NCCOC(c1ccccc1)c1cccc(C(=O)NC[C@H](C[C@H]2CCCOC2)N(C)C)c1. The number of methoxy groups -OCH3 is 1. The Morgan fingerprint density at radius 3 is 2.56 bits per heavy atom. The fourth-order valence-corrected chi connectivity index (χ4v) is 4.43. The summed E-state index contributed by atoms with van der Waals surface area (Å²) in [6, 6.07) is 17.6. The highest BCUT2D eigenvalue weighted by atomic mass is 16.5. The van der Waals surface area contributed by atoms with Crippen LogP contribution in [0, 0.1) is 5.92 Å². The molecular weight excluding hydrogens is 458 g/mol. The number of rotatable bonds is 12. The van der Waals surface area contributed by atoms with Crippen LogP contribution in [0.15, 0.2) is 54.6 Å². The maximum absolute atomic E-state index is 13.1. The summed E-state index contributed by atoms with van der Waals surface area (Å²) in [5, 5.41) is 5.75. The second-order valence-electron chi connectivity index (χ2n) is 9.35. The number of nitrogens with zero attached hydrogens (tertiary/aromatic N) is 1. The molecule has 1 fully saturated rings. The second-order valence-corrected chi connectivity index (χ2v) is 9.35. The van der Waals surface area contributed by atoms with Crippen molar-refractivity contribution in [3.8, 4) is 0 Å². The van der Waals surface area contributed by atoms with E-state index in [1.54, 1.807) is 0 Å². The molecule has 0 aromatic heterocycles. The van der Waals surface area contributed by atoms with Crippen LogP contribution in [-0.4, -0.2) is 77.1 Å². The molecule has 0 radical (unpaired) electrons. The number of likely N-dealkylation sites (N-methyl/N-ethyl adjacent to an activating group) is 1. The van der Waals surface area contributed by atoms with Crippen LogP contribution < -0.4 is 10.6 Å². The summed E-state index contributed by atoms with van der Waals surface area (Å²) in [6.45, 7) is 2.83. The predicted molar refractivity (Wildman–Crippen MR) is 139 cm³/mol. The fourth-order valence-electron chi connectivity index (χ4n) is 4.43. The van der Waals surface area contributed by atoms with E-state index in [0.29, 0.717) is 31.2 Å². The van der Waals surface area contributed by atoms with Gasteiger partial charge in [-0.25, -0.2) is 4.79 Å². The Labute approximate surface area is 214 Å².